The van der Waals surface area contributed by atoms with Gasteiger partial charge in [-0.25, -0.2) is 9.19 Å². The summed E-state index contributed by atoms with van der Waals surface area (Å²) < 4.78 is 27.4. The van der Waals surface area contributed by atoms with E-state index in [0.717, 1.165) is 0 Å². The van der Waals surface area contributed by atoms with E-state index in [1.165, 1.54) is 30.6 Å². The Bertz CT molecular complexity index is 851. The first-order valence-corrected chi connectivity index (χ1v) is 10.1. The van der Waals surface area contributed by atoms with Crippen LogP contribution in [0.2, 0.25) is 0 Å². The highest BCUT2D eigenvalue weighted by molar-refractivity contribution is 7.80. The number of carbonyl (C=O) groups is 2. The zero-order valence-corrected chi connectivity index (χ0v) is 16.1. The van der Waals surface area contributed by atoms with E-state index in [9.17, 15) is 13.8 Å². The highest BCUT2D eigenvalue weighted by Crippen LogP contribution is 2.26. The lowest BCUT2D eigenvalue weighted by atomic mass is 10.1. The number of rotatable bonds is 5. The van der Waals surface area contributed by atoms with E-state index < -0.39 is 11.3 Å². The molecule has 0 bridgehead atoms. The van der Waals surface area contributed by atoms with Crippen molar-refractivity contribution in [2.24, 2.45) is 0 Å². The number of nitrogens with one attached hydrogen (secondary N) is 1. The van der Waals surface area contributed by atoms with Crippen LogP contribution in [0.15, 0.2) is 29.1 Å². The predicted molar refractivity (Wildman–Crippen MR) is 101 cm³/mol. The number of aromatic nitrogens is 1. The molecule has 9 nitrogen and oxygen atoms in total. The van der Waals surface area contributed by atoms with Crippen molar-refractivity contribution >= 4 is 40.1 Å². The Balaban J connectivity index is 1.65. The number of amides is 2. The number of methoxy groups -OCH3 is 1. The molecule has 11 heteroatoms. The fraction of sp³-hybridized carbons (Fsp3) is 0.312. The number of thiazole rings is 1. The lowest BCUT2D eigenvalue weighted by Crippen LogP contribution is -2.50. The molecule has 2 aromatic rings. The number of hydrogen-bond acceptors (Lipinski definition) is 6. The SMILES string of the molecule is COc1cc(C(=O)N2CCN(C(=O)c3cscn3)CC2)ccc1NS(=O)O. The third-order valence-electron chi connectivity index (χ3n) is 4.15. The van der Waals surface area contributed by atoms with Crippen LogP contribution in [0.1, 0.15) is 20.8 Å². The Labute approximate surface area is 162 Å². The van der Waals surface area contributed by atoms with Gasteiger partial charge in [0.2, 0.25) is 0 Å². The van der Waals surface area contributed by atoms with Crippen LogP contribution in [0.3, 0.4) is 0 Å². The molecular weight excluding hydrogens is 392 g/mol. The summed E-state index contributed by atoms with van der Waals surface area (Å²) in [4.78, 5) is 32.4. The molecule has 2 amide bonds. The Morgan fingerprint density at radius 3 is 2.44 bits per heavy atom. The second-order valence-corrected chi connectivity index (χ2v) is 7.15. The summed E-state index contributed by atoms with van der Waals surface area (Å²) in [5.74, 6) is -0.0243. The number of benzene rings is 1. The molecule has 0 radical (unpaired) electrons. The predicted octanol–water partition coefficient (Wildman–Crippen LogP) is 1.30. The van der Waals surface area contributed by atoms with Crippen molar-refractivity contribution in [3.05, 3.63) is 40.3 Å². The first-order chi connectivity index (χ1) is 13.0. The van der Waals surface area contributed by atoms with E-state index in [1.807, 2.05) is 0 Å². The summed E-state index contributed by atoms with van der Waals surface area (Å²) in [5, 5.41) is 1.71. The molecule has 1 aliphatic rings. The molecule has 0 saturated carbocycles. The fourth-order valence-corrected chi connectivity index (χ4v) is 3.66. The first-order valence-electron chi connectivity index (χ1n) is 8.02. The monoisotopic (exact) mass is 410 g/mol. The first kappa shape index (κ1) is 19.3. The van der Waals surface area contributed by atoms with Gasteiger partial charge in [-0.3, -0.25) is 18.9 Å². The van der Waals surface area contributed by atoms with E-state index in [-0.39, 0.29) is 11.8 Å². The second kappa shape index (κ2) is 8.46. The van der Waals surface area contributed by atoms with Crippen molar-refractivity contribution in [1.29, 1.82) is 0 Å². The van der Waals surface area contributed by atoms with Gasteiger partial charge >= 0.3 is 0 Å². The van der Waals surface area contributed by atoms with Crippen molar-refractivity contribution in [2.45, 2.75) is 0 Å². The van der Waals surface area contributed by atoms with Gasteiger partial charge in [0.25, 0.3) is 23.1 Å². The molecule has 1 aromatic carbocycles. The summed E-state index contributed by atoms with van der Waals surface area (Å²) in [7, 11) is 1.41. The average Bonchev–Trinajstić information content (AvgIpc) is 3.21. The number of piperazine rings is 1. The van der Waals surface area contributed by atoms with Gasteiger partial charge in [0.15, 0.2) is 0 Å². The number of carbonyl (C=O) groups excluding carboxylic acids is 2. The zero-order chi connectivity index (χ0) is 19.4. The van der Waals surface area contributed by atoms with Gasteiger partial charge < -0.3 is 14.5 Å². The van der Waals surface area contributed by atoms with Gasteiger partial charge in [0.05, 0.1) is 18.3 Å². The van der Waals surface area contributed by atoms with E-state index in [1.54, 1.807) is 26.8 Å². The molecule has 1 aromatic heterocycles. The third-order valence-corrected chi connectivity index (χ3v) is 5.13. The number of hydrogen-bond donors (Lipinski definition) is 2. The van der Waals surface area contributed by atoms with Crippen LogP contribution in [0.25, 0.3) is 0 Å². The van der Waals surface area contributed by atoms with Crippen molar-refractivity contribution in [1.82, 2.24) is 14.8 Å². The van der Waals surface area contributed by atoms with Gasteiger partial charge in [0.1, 0.15) is 11.4 Å². The van der Waals surface area contributed by atoms with Crippen molar-refractivity contribution in [3.8, 4) is 5.75 Å². The van der Waals surface area contributed by atoms with Crippen LogP contribution in [0.4, 0.5) is 5.69 Å². The standard InChI is InChI=1S/C16H18N4O5S2/c1-25-14-8-11(2-3-12(14)18-27(23)24)15(21)19-4-6-20(7-5-19)16(22)13-9-26-10-17-13/h2-3,8-10,18H,4-7H2,1H3,(H,23,24). The second-order valence-electron chi connectivity index (χ2n) is 5.72. The van der Waals surface area contributed by atoms with E-state index >= 15 is 0 Å². The number of ether oxygens (including phenoxy) is 1. The van der Waals surface area contributed by atoms with E-state index in [2.05, 4.69) is 9.71 Å². The van der Waals surface area contributed by atoms with Crippen LogP contribution in [0.5, 0.6) is 5.75 Å². The Kier molecular flexibility index (Phi) is 6.04. The summed E-state index contributed by atoms with van der Waals surface area (Å²) in [6.45, 7) is 1.69. The Hall–Kier alpha value is -2.50. The lowest BCUT2D eigenvalue weighted by molar-refractivity contribution is 0.0532. The average molecular weight is 410 g/mol. The normalized spacial score (nSPS) is 15.3. The molecule has 3 rings (SSSR count). The van der Waals surface area contributed by atoms with Gasteiger partial charge in [-0.15, -0.1) is 11.3 Å². The smallest absolute Gasteiger partial charge is 0.273 e. The molecule has 1 atom stereocenters. The van der Waals surface area contributed by atoms with E-state index in [4.69, 9.17) is 9.29 Å². The maximum absolute atomic E-state index is 12.7. The molecule has 1 unspecified atom stereocenters. The molecule has 2 N–H and O–H groups in total. The van der Waals surface area contributed by atoms with Gasteiger partial charge in [-0.2, -0.15) is 0 Å². The number of anilines is 1. The summed E-state index contributed by atoms with van der Waals surface area (Å²) >= 11 is -0.871. The quantitative estimate of drug-likeness (QED) is 0.719. The van der Waals surface area contributed by atoms with Gasteiger partial charge in [-0.1, -0.05) is 0 Å². The highest BCUT2D eigenvalue weighted by Gasteiger charge is 2.26. The van der Waals surface area contributed by atoms with Crippen LogP contribution in [-0.2, 0) is 11.3 Å². The maximum Gasteiger partial charge on any atom is 0.273 e. The molecular formula is C16H18N4O5S2. The van der Waals surface area contributed by atoms with Gasteiger partial charge in [-0.05, 0) is 18.2 Å². The summed E-state index contributed by atoms with van der Waals surface area (Å²) in [6, 6.07) is 4.60. The molecule has 1 saturated heterocycles. The van der Waals surface area contributed by atoms with Crippen molar-refractivity contribution < 1.29 is 23.1 Å². The summed E-state index contributed by atoms with van der Waals surface area (Å²) in [5.41, 5.74) is 2.76. The lowest BCUT2D eigenvalue weighted by Gasteiger charge is -2.34. The third kappa shape index (κ3) is 4.43. The summed E-state index contributed by atoms with van der Waals surface area (Å²) in [6.07, 6.45) is 0. The van der Waals surface area contributed by atoms with Crippen molar-refractivity contribution in [3.63, 3.8) is 0 Å². The van der Waals surface area contributed by atoms with Gasteiger partial charge in [0, 0.05) is 37.1 Å². The molecule has 1 aliphatic heterocycles. The highest BCUT2D eigenvalue weighted by atomic mass is 32.2. The van der Waals surface area contributed by atoms with Crippen molar-refractivity contribution in [2.75, 3.05) is 38.0 Å². The molecule has 2 heterocycles. The molecule has 0 aliphatic carbocycles. The Morgan fingerprint density at radius 2 is 1.89 bits per heavy atom. The minimum Gasteiger partial charge on any atom is -0.495 e. The largest absolute Gasteiger partial charge is 0.495 e. The topological polar surface area (TPSA) is 112 Å². The van der Waals surface area contributed by atoms with Crippen LogP contribution >= 0.6 is 11.3 Å². The molecule has 27 heavy (non-hydrogen) atoms. The molecule has 1 fully saturated rings. The Morgan fingerprint density at radius 1 is 1.22 bits per heavy atom. The molecule has 144 valence electrons. The van der Waals surface area contributed by atoms with E-state index in [0.29, 0.717) is 48.9 Å². The minimum absolute atomic E-state index is 0.127. The number of nitrogens with zero attached hydrogens (tertiary/aromatic N) is 3. The van der Waals surface area contributed by atoms with Crippen LogP contribution in [0, 0.1) is 0 Å². The molecule has 0 spiro atoms. The van der Waals surface area contributed by atoms with Crippen LogP contribution in [-0.4, -0.2) is 68.6 Å². The maximum atomic E-state index is 12.7. The fourth-order valence-electron chi connectivity index (χ4n) is 2.78. The van der Waals surface area contributed by atoms with Crippen LogP contribution < -0.4 is 9.46 Å². The minimum atomic E-state index is -2.24. The zero-order valence-electron chi connectivity index (χ0n) is 14.5.